The van der Waals surface area contributed by atoms with Crippen LogP contribution in [-0.2, 0) is 19.2 Å². The molecule has 1 saturated carbocycles. The number of carbonyl (C=O) groups is 5. The third-order valence-corrected chi connectivity index (χ3v) is 6.83. The van der Waals surface area contributed by atoms with Crippen LogP contribution in [0.15, 0.2) is 36.4 Å². The molecule has 2 atom stereocenters. The van der Waals surface area contributed by atoms with Crippen molar-refractivity contribution >= 4 is 29.7 Å². The third kappa shape index (κ3) is 6.92. The monoisotopic (exact) mass is 541 g/mol. The van der Waals surface area contributed by atoms with Crippen LogP contribution in [0.2, 0.25) is 0 Å². The van der Waals surface area contributed by atoms with Crippen LogP contribution in [0.1, 0.15) is 55.4 Å². The lowest BCUT2D eigenvalue weighted by molar-refractivity contribution is -0.140. The lowest BCUT2D eigenvalue weighted by atomic mass is 9.93. The van der Waals surface area contributed by atoms with Crippen molar-refractivity contribution in [3.63, 3.8) is 0 Å². The summed E-state index contributed by atoms with van der Waals surface area (Å²) in [5, 5.41) is 27.7. The summed E-state index contributed by atoms with van der Waals surface area (Å²) in [6, 6.07) is 8.14. The van der Waals surface area contributed by atoms with E-state index >= 15 is 0 Å². The molecular formula is C26H31N5O8. The van der Waals surface area contributed by atoms with Gasteiger partial charge in [0.15, 0.2) is 12.3 Å². The number of hydrogen-bond acceptors (Lipinski definition) is 7. The zero-order valence-electron chi connectivity index (χ0n) is 21.2. The van der Waals surface area contributed by atoms with Gasteiger partial charge in [-0.05, 0) is 50.7 Å². The minimum Gasteiger partial charge on any atom is -0.481 e. The second-order valence-corrected chi connectivity index (χ2v) is 9.58. The minimum absolute atomic E-state index is 0.0618. The summed E-state index contributed by atoms with van der Waals surface area (Å²) < 4.78 is 7.08. The number of amides is 3. The van der Waals surface area contributed by atoms with Crippen LogP contribution in [-0.4, -0.2) is 85.8 Å². The second kappa shape index (κ2) is 12.4. The Balaban J connectivity index is 1.47. The predicted molar refractivity (Wildman–Crippen MR) is 135 cm³/mol. The van der Waals surface area contributed by atoms with Crippen molar-refractivity contribution in [2.45, 2.75) is 63.1 Å². The number of likely N-dealkylation sites (tertiary alicyclic amines) is 1. The normalized spacial score (nSPS) is 17.6. The van der Waals surface area contributed by atoms with Gasteiger partial charge >= 0.3 is 11.9 Å². The smallest absolute Gasteiger partial charge is 0.326 e. The molecule has 1 saturated heterocycles. The number of para-hydroxylation sites is 1. The Morgan fingerprint density at radius 2 is 1.79 bits per heavy atom. The van der Waals surface area contributed by atoms with Crippen molar-refractivity contribution in [2.75, 3.05) is 13.2 Å². The zero-order valence-corrected chi connectivity index (χ0v) is 21.2. The number of carboxylic acid groups (broad SMARTS) is 2. The van der Waals surface area contributed by atoms with Gasteiger partial charge in [0.05, 0.1) is 5.69 Å². The Labute approximate surface area is 224 Å². The van der Waals surface area contributed by atoms with E-state index in [0.29, 0.717) is 25.1 Å². The average molecular weight is 542 g/mol. The van der Waals surface area contributed by atoms with E-state index in [4.69, 9.17) is 9.84 Å². The number of hydrogen-bond donors (Lipinski definition) is 4. The van der Waals surface area contributed by atoms with E-state index in [0.717, 1.165) is 19.3 Å². The fourth-order valence-corrected chi connectivity index (χ4v) is 4.50. The van der Waals surface area contributed by atoms with Gasteiger partial charge in [-0.3, -0.25) is 19.2 Å². The third-order valence-electron chi connectivity index (χ3n) is 6.83. The number of nitrogens with zero attached hydrogens (tertiary/aromatic N) is 3. The maximum atomic E-state index is 13.0. The van der Waals surface area contributed by atoms with Gasteiger partial charge in [0.2, 0.25) is 11.8 Å². The standard InChI is InChI=1S/C26H31N5O8/c32-21(30-13-5-10-20(30)25(36)27-16-6-4-7-16)15-39-22-14-19(29-31(22)17-8-2-1-3-9-17)24(35)28-18(26(37)38)11-12-23(33)34/h1-3,8-9,14,16,18,20H,4-7,10-13,15H2,(H,27,36)(H,28,35)(H,33,34)(H,37,38)/t18-,20-/m0/s1. The highest BCUT2D eigenvalue weighted by Gasteiger charge is 2.36. The van der Waals surface area contributed by atoms with Crippen LogP contribution < -0.4 is 15.4 Å². The van der Waals surface area contributed by atoms with Gasteiger partial charge < -0.3 is 30.5 Å². The molecule has 4 N–H and O–H groups in total. The highest BCUT2D eigenvalue weighted by Crippen LogP contribution is 2.23. The van der Waals surface area contributed by atoms with Crippen molar-refractivity contribution in [1.82, 2.24) is 25.3 Å². The molecule has 1 aromatic carbocycles. The first kappa shape index (κ1) is 27.6. The van der Waals surface area contributed by atoms with E-state index in [9.17, 15) is 29.1 Å². The first-order valence-corrected chi connectivity index (χ1v) is 12.9. The molecule has 1 aliphatic carbocycles. The predicted octanol–water partition coefficient (Wildman–Crippen LogP) is 0.959. The number of benzene rings is 1. The number of carboxylic acids is 2. The van der Waals surface area contributed by atoms with Crippen LogP contribution in [0.25, 0.3) is 5.69 Å². The van der Waals surface area contributed by atoms with Gasteiger partial charge in [0.1, 0.15) is 12.1 Å². The van der Waals surface area contributed by atoms with E-state index in [-0.39, 0.29) is 35.9 Å². The number of carbonyl (C=O) groups excluding carboxylic acids is 3. The fraction of sp³-hybridized carbons (Fsp3) is 0.462. The summed E-state index contributed by atoms with van der Waals surface area (Å²) >= 11 is 0. The van der Waals surface area contributed by atoms with Crippen LogP contribution in [0.4, 0.5) is 0 Å². The van der Waals surface area contributed by atoms with Crippen LogP contribution in [0, 0.1) is 0 Å². The molecule has 1 aliphatic heterocycles. The van der Waals surface area contributed by atoms with Crippen LogP contribution >= 0.6 is 0 Å². The summed E-state index contributed by atoms with van der Waals surface area (Å²) in [6.07, 6.45) is 3.50. The zero-order chi connectivity index (χ0) is 27.9. The van der Waals surface area contributed by atoms with Crippen LogP contribution in [0.3, 0.4) is 0 Å². The Bertz CT molecular complexity index is 1230. The summed E-state index contributed by atoms with van der Waals surface area (Å²) in [6.45, 7) is 0.0344. The van der Waals surface area contributed by atoms with Gasteiger partial charge in [0, 0.05) is 25.1 Å². The average Bonchev–Trinajstić information content (AvgIpc) is 3.55. The molecule has 208 valence electrons. The molecule has 2 aliphatic rings. The van der Waals surface area contributed by atoms with Crippen molar-refractivity contribution in [3.8, 4) is 11.6 Å². The van der Waals surface area contributed by atoms with E-state index in [1.54, 1.807) is 30.3 Å². The number of aliphatic carboxylic acids is 2. The maximum absolute atomic E-state index is 13.0. The van der Waals surface area contributed by atoms with E-state index in [1.807, 2.05) is 0 Å². The highest BCUT2D eigenvalue weighted by atomic mass is 16.5. The Kier molecular flexibility index (Phi) is 8.79. The van der Waals surface area contributed by atoms with Gasteiger partial charge in [-0.1, -0.05) is 18.2 Å². The number of ether oxygens (including phenoxy) is 1. The van der Waals surface area contributed by atoms with Crippen molar-refractivity contribution in [1.29, 1.82) is 0 Å². The lowest BCUT2D eigenvalue weighted by Crippen LogP contribution is -2.51. The van der Waals surface area contributed by atoms with Gasteiger partial charge in [-0.25, -0.2) is 9.48 Å². The first-order chi connectivity index (χ1) is 18.7. The molecule has 0 spiro atoms. The number of aromatic nitrogens is 2. The molecule has 2 heterocycles. The van der Waals surface area contributed by atoms with Crippen molar-refractivity contribution in [2.24, 2.45) is 0 Å². The molecule has 0 radical (unpaired) electrons. The first-order valence-electron chi connectivity index (χ1n) is 12.9. The second-order valence-electron chi connectivity index (χ2n) is 9.58. The van der Waals surface area contributed by atoms with E-state index in [2.05, 4.69) is 15.7 Å². The Morgan fingerprint density at radius 3 is 2.44 bits per heavy atom. The van der Waals surface area contributed by atoms with Crippen LogP contribution in [0.5, 0.6) is 5.88 Å². The Morgan fingerprint density at radius 1 is 1.05 bits per heavy atom. The van der Waals surface area contributed by atoms with Gasteiger partial charge in [0.25, 0.3) is 11.8 Å². The molecular weight excluding hydrogens is 510 g/mol. The minimum atomic E-state index is -1.43. The molecule has 3 amide bonds. The largest absolute Gasteiger partial charge is 0.481 e. The molecule has 39 heavy (non-hydrogen) atoms. The number of nitrogens with one attached hydrogen (secondary N) is 2. The highest BCUT2D eigenvalue weighted by molar-refractivity contribution is 5.95. The van der Waals surface area contributed by atoms with Gasteiger partial charge in [-0.2, -0.15) is 5.10 Å². The van der Waals surface area contributed by atoms with Crippen molar-refractivity contribution < 1.29 is 38.9 Å². The Hall–Kier alpha value is -4.42. The molecule has 13 heteroatoms. The number of rotatable bonds is 12. The summed E-state index contributed by atoms with van der Waals surface area (Å²) in [5.74, 6) is -3.89. The van der Waals surface area contributed by atoms with E-state index in [1.165, 1.54) is 15.6 Å². The maximum Gasteiger partial charge on any atom is 0.326 e. The molecule has 4 rings (SSSR count). The molecule has 0 bridgehead atoms. The molecule has 2 fully saturated rings. The summed E-state index contributed by atoms with van der Waals surface area (Å²) in [4.78, 5) is 62.4. The molecule has 0 unspecified atom stereocenters. The molecule has 2 aromatic rings. The van der Waals surface area contributed by atoms with Crippen molar-refractivity contribution in [3.05, 3.63) is 42.1 Å². The van der Waals surface area contributed by atoms with E-state index < -0.39 is 43.0 Å². The SMILES string of the molecule is O=C(O)CC[C@H](NC(=O)c1cc(OCC(=O)N2CCC[C@H]2C(=O)NC2CCC2)n(-c2ccccc2)n1)C(=O)O. The fourth-order valence-electron chi connectivity index (χ4n) is 4.50. The summed E-state index contributed by atoms with van der Waals surface area (Å²) in [5.41, 5.74) is 0.348. The quantitative estimate of drug-likeness (QED) is 0.304. The lowest BCUT2D eigenvalue weighted by Gasteiger charge is -2.30. The molecule has 13 nitrogen and oxygen atoms in total. The van der Waals surface area contributed by atoms with Gasteiger partial charge in [-0.15, -0.1) is 0 Å². The summed E-state index contributed by atoms with van der Waals surface area (Å²) in [7, 11) is 0. The molecule has 1 aromatic heterocycles. The topological polar surface area (TPSA) is 180 Å².